The summed E-state index contributed by atoms with van der Waals surface area (Å²) in [6.07, 6.45) is 0.792. The molecule has 1 heterocycles. The number of phenolic OH excluding ortho intramolecular Hbond substituents is 1. The minimum atomic E-state index is -0.833. The Balaban J connectivity index is 2.26. The summed E-state index contributed by atoms with van der Waals surface area (Å²) >= 11 is 0. The van der Waals surface area contributed by atoms with Crippen molar-refractivity contribution in [2.24, 2.45) is 0 Å². The normalized spacial score (nSPS) is 25.3. The van der Waals surface area contributed by atoms with Gasteiger partial charge in [0, 0.05) is 5.92 Å². The summed E-state index contributed by atoms with van der Waals surface area (Å²) in [6.45, 7) is 0.706. The van der Waals surface area contributed by atoms with Gasteiger partial charge in [0.05, 0.1) is 0 Å². The minimum Gasteiger partial charge on any atom is -0.508 e. The first-order chi connectivity index (χ1) is 7.18. The third-order valence-electron chi connectivity index (χ3n) is 2.79. The Kier molecular flexibility index (Phi) is 2.60. The summed E-state index contributed by atoms with van der Waals surface area (Å²) in [5, 5.41) is 21.3. The summed E-state index contributed by atoms with van der Waals surface area (Å²) < 4.78 is 0. The molecular weight excluding hydrogens is 194 g/mol. The van der Waals surface area contributed by atoms with E-state index in [2.05, 4.69) is 5.32 Å². The third kappa shape index (κ3) is 1.94. The lowest BCUT2D eigenvalue weighted by Crippen LogP contribution is -2.34. The number of hydrogen-bond acceptors (Lipinski definition) is 3. The average Bonchev–Trinajstić information content (AvgIpc) is 2.65. The quantitative estimate of drug-likeness (QED) is 0.674. The van der Waals surface area contributed by atoms with Crippen LogP contribution in [0.1, 0.15) is 17.9 Å². The number of carboxylic acid groups (broad SMARTS) is 1. The molecule has 0 amide bonds. The fraction of sp³-hybridized carbons (Fsp3) is 0.364. The number of aromatic hydroxyl groups is 1. The summed E-state index contributed by atoms with van der Waals surface area (Å²) in [6, 6.07) is 6.27. The van der Waals surface area contributed by atoms with Gasteiger partial charge in [-0.25, -0.2) is 0 Å². The number of carbonyl (C=O) groups is 1. The second-order valence-corrected chi connectivity index (χ2v) is 3.76. The molecule has 80 valence electrons. The van der Waals surface area contributed by atoms with Crippen molar-refractivity contribution in [1.82, 2.24) is 5.32 Å². The zero-order valence-electron chi connectivity index (χ0n) is 8.18. The fourth-order valence-corrected chi connectivity index (χ4v) is 2.08. The molecule has 1 aliphatic heterocycles. The van der Waals surface area contributed by atoms with Gasteiger partial charge >= 0.3 is 5.97 Å². The summed E-state index contributed by atoms with van der Waals surface area (Å²) in [5.74, 6) is -0.695. The van der Waals surface area contributed by atoms with Crippen LogP contribution in [0.3, 0.4) is 0 Å². The Morgan fingerprint density at radius 1 is 1.47 bits per heavy atom. The van der Waals surface area contributed by atoms with Gasteiger partial charge in [-0.3, -0.25) is 4.79 Å². The lowest BCUT2D eigenvalue weighted by Gasteiger charge is -2.15. The highest BCUT2D eigenvalue weighted by Gasteiger charge is 2.33. The van der Waals surface area contributed by atoms with E-state index in [4.69, 9.17) is 5.11 Å². The zero-order chi connectivity index (χ0) is 10.8. The van der Waals surface area contributed by atoms with Crippen molar-refractivity contribution in [2.75, 3.05) is 6.54 Å². The number of benzene rings is 1. The highest BCUT2D eigenvalue weighted by atomic mass is 16.4. The van der Waals surface area contributed by atoms with E-state index in [0.29, 0.717) is 6.54 Å². The molecule has 0 unspecified atom stereocenters. The molecular formula is C11H13NO3. The van der Waals surface area contributed by atoms with Crippen LogP contribution in [-0.4, -0.2) is 28.8 Å². The predicted octanol–water partition coefficient (Wildman–Crippen LogP) is 0.922. The Hall–Kier alpha value is -1.55. The van der Waals surface area contributed by atoms with Crippen molar-refractivity contribution in [3.05, 3.63) is 29.8 Å². The maximum absolute atomic E-state index is 10.9. The van der Waals surface area contributed by atoms with Crippen LogP contribution in [0.2, 0.25) is 0 Å². The molecule has 0 saturated carbocycles. The molecule has 4 nitrogen and oxygen atoms in total. The van der Waals surface area contributed by atoms with Crippen molar-refractivity contribution in [3.8, 4) is 5.75 Å². The van der Waals surface area contributed by atoms with Crippen LogP contribution in [0.5, 0.6) is 5.75 Å². The van der Waals surface area contributed by atoms with Crippen LogP contribution in [-0.2, 0) is 4.79 Å². The van der Waals surface area contributed by atoms with Crippen LogP contribution in [0.15, 0.2) is 24.3 Å². The SMILES string of the molecule is O=C(O)[C@H]1NCC[C@@H]1c1cccc(O)c1. The van der Waals surface area contributed by atoms with Gasteiger partial charge in [-0.1, -0.05) is 12.1 Å². The van der Waals surface area contributed by atoms with Gasteiger partial charge in [0.1, 0.15) is 11.8 Å². The van der Waals surface area contributed by atoms with Crippen molar-refractivity contribution >= 4 is 5.97 Å². The Bertz CT molecular complexity index is 378. The number of phenols is 1. The number of aliphatic carboxylic acids is 1. The van der Waals surface area contributed by atoms with Crippen LogP contribution in [0, 0.1) is 0 Å². The first kappa shape index (κ1) is 9.98. The van der Waals surface area contributed by atoms with Crippen LogP contribution in [0.4, 0.5) is 0 Å². The van der Waals surface area contributed by atoms with Crippen molar-refractivity contribution in [1.29, 1.82) is 0 Å². The van der Waals surface area contributed by atoms with E-state index in [0.717, 1.165) is 12.0 Å². The molecule has 0 aliphatic carbocycles. The van der Waals surface area contributed by atoms with Gasteiger partial charge in [0.2, 0.25) is 0 Å². The van der Waals surface area contributed by atoms with Crippen molar-refractivity contribution in [3.63, 3.8) is 0 Å². The highest BCUT2D eigenvalue weighted by molar-refractivity contribution is 5.75. The molecule has 4 heteroatoms. The van der Waals surface area contributed by atoms with E-state index < -0.39 is 12.0 Å². The number of hydrogen-bond donors (Lipinski definition) is 3. The van der Waals surface area contributed by atoms with E-state index in [9.17, 15) is 9.90 Å². The summed E-state index contributed by atoms with van der Waals surface area (Å²) in [5.41, 5.74) is 0.882. The van der Waals surface area contributed by atoms with Crippen LogP contribution < -0.4 is 5.32 Å². The maximum Gasteiger partial charge on any atom is 0.321 e. The number of nitrogens with one attached hydrogen (secondary N) is 1. The molecule has 2 atom stereocenters. The lowest BCUT2D eigenvalue weighted by atomic mass is 9.92. The molecule has 1 fully saturated rings. The molecule has 0 aromatic heterocycles. The Morgan fingerprint density at radius 3 is 2.93 bits per heavy atom. The lowest BCUT2D eigenvalue weighted by molar-refractivity contribution is -0.139. The molecule has 2 rings (SSSR count). The first-order valence-corrected chi connectivity index (χ1v) is 4.93. The van der Waals surface area contributed by atoms with E-state index in [1.807, 2.05) is 6.07 Å². The van der Waals surface area contributed by atoms with Crippen LogP contribution >= 0.6 is 0 Å². The van der Waals surface area contributed by atoms with E-state index in [1.165, 1.54) is 0 Å². The molecule has 1 saturated heterocycles. The second-order valence-electron chi connectivity index (χ2n) is 3.76. The highest BCUT2D eigenvalue weighted by Crippen LogP contribution is 2.29. The summed E-state index contributed by atoms with van der Waals surface area (Å²) in [4.78, 5) is 10.9. The van der Waals surface area contributed by atoms with E-state index in [-0.39, 0.29) is 11.7 Å². The molecule has 1 aromatic carbocycles. The summed E-state index contributed by atoms with van der Waals surface area (Å²) in [7, 11) is 0. The van der Waals surface area contributed by atoms with Crippen LogP contribution in [0.25, 0.3) is 0 Å². The minimum absolute atomic E-state index is 0.0467. The first-order valence-electron chi connectivity index (χ1n) is 4.93. The third-order valence-corrected chi connectivity index (χ3v) is 2.79. The van der Waals surface area contributed by atoms with Gasteiger partial charge in [-0.15, -0.1) is 0 Å². The van der Waals surface area contributed by atoms with Gasteiger partial charge < -0.3 is 15.5 Å². The van der Waals surface area contributed by atoms with Gasteiger partial charge in [0.25, 0.3) is 0 Å². The van der Waals surface area contributed by atoms with Crippen molar-refractivity contribution < 1.29 is 15.0 Å². The topological polar surface area (TPSA) is 69.6 Å². The number of carboxylic acids is 1. The van der Waals surface area contributed by atoms with E-state index in [1.54, 1.807) is 18.2 Å². The largest absolute Gasteiger partial charge is 0.508 e. The van der Waals surface area contributed by atoms with Gasteiger partial charge in [-0.2, -0.15) is 0 Å². The smallest absolute Gasteiger partial charge is 0.321 e. The molecule has 0 bridgehead atoms. The molecule has 3 N–H and O–H groups in total. The van der Waals surface area contributed by atoms with Gasteiger partial charge in [0.15, 0.2) is 0 Å². The molecule has 15 heavy (non-hydrogen) atoms. The fourth-order valence-electron chi connectivity index (χ4n) is 2.08. The molecule has 0 radical (unpaired) electrons. The van der Waals surface area contributed by atoms with E-state index >= 15 is 0 Å². The molecule has 0 spiro atoms. The predicted molar refractivity (Wildman–Crippen MR) is 54.9 cm³/mol. The monoisotopic (exact) mass is 207 g/mol. The zero-order valence-corrected chi connectivity index (χ0v) is 8.18. The Morgan fingerprint density at radius 2 is 2.27 bits per heavy atom. The number of rotatable bonds is 2. The van der Waals surface area contributed by atoms with Gasteiger partial charge in [-0.05, 0) is 30.7 Å². The Labute approximate surface area is 87.6 Å². The maximum atomic E-state index is 10.9. The second kappa shape index (κ2) is 3.90. The standard InChI is InChI=1S/C11H13NO3/c13-8-3-1-2-7(6-8)9-4-5-12-10(9)11(14)15/h1-3,6,9-10,12-13H,4-5H2,(H,14,15)/t9-,10+/m1/s1. The molecule has 1 aliphatic rings. The average molecular weight is 207 g/mol. The van der Waals surface area contributed by atoms with Crippen molar-refractivity contribution in [2.45, 2.75) is 18.4 Å². The molecule has 1 aromatic rings.